The van der Waals surface area contributed by atoms with Crippen LogP contribution in [0.15, 0.2) is 0 Å². The van der Waals surface area contributed by atoms with Gasteiger partial charge in [-0.05, 0) is 47.6 Å². The Bertz CT molecular complexity index is 243. The van der Waals surface area contributed by atoms with Gasteiger partial charge < -0.3 is 10.6 Å². The Morgan fingerprint density at radius 1 is 1.44 bits per heavy atom. The quantitative estimate of drug-likeness (QED) is 0.765. The largest absolute Gasteiger partial charge is 0.337 e. The Morgan fingerprint density at radius 3 is 2.44 bits per heavy atom. The highest BCUT2D eigenvalue weighted by Gasteiger charge is 2.29. The zero-order valence-electron chi connectivity index (χ0n) is 11.1. The highest BCUT2D eigenvalue weighted by molar-refractivity contribution is 5.74. The van der Waals surface area contributed by atoms with E-state index in [0.717, 1.165) is 6.04 Å². The number of likely N-dealkylation sites (N-methyl/N-ethyl adjacent to an activating group) is 1. The lowest BCUT2D eigenvalue weighted by Crippen LogP contribution is -2.49. The molecule has 0 aromatic carbocycles. The SMILES string of the molecule is CC(CNC(=O)NC(C)(C)C)N(C)C1CC1. The van der Waals surface area contributed by atoms with Gasteiger partial charge in [-0.15, -0.1) is 0 Å². The smallest absolute Gasteiger partial charge is 0.315 e. The van der Waals surface area contributed by atoms with Gasteiger partial charge in [0.2, 0.25) is 0 Å². The summed E-state index contributed by atoms with van der Waals surface area (Å²) in [5, 5.41) is 5.80. The summed E-state index contributed by atoms with van der Waals surface area (Å²) >= 11 is 0. The first-order chi connectivity index (χ1) is 7.29. The molecule has 4 heteroatoms. The van der Waals surface area contributed by atoms with Crippen molar-refractivity contribution in [1.29, 1.82) is 0 Å². The lowest BCUT2D eigenvalue weighted by Gasteiger charge is -2.26. The molecule has 0 bridgehead atoms. The minimum Gasteiger partial charge on any atom is -0.337 e. The van der Waals surface area contributed by atoms with Crippen molar-refractivity contribution in [1.82, 2.24) is 15.5 Å². The van der Waals surface area contributed by atoms with Crippen molar-refractivity contribution in [3.8, 4) is 0 Å². The Morgan fingerprint density at radius 2 is 2.00 bits per heavy atom. The first-order valence-corrected chi connectivity index (χ1v) is 6.07. The maximum atomic E-state index is 11.5. The fraction of sp³-hybridized carbons (Fsp3) is 0.917. The van der Waals surface area contributed by atoms with Crippen LogP contribution in [0.3, 0.4) is 0 Å². The molecule has 16 heavy (non-hydrogen) atoms. The molecule has 0 saturated heterocycles. The molecular weight excluding hydrogens is 202 g/mol. The van der Waals surface area contributed by atoms with Crippen LogP contribution in [0.5, 0.6) is 0 Å². The summed E-state index contributed by atoms with van der Waals surface area (Å²) < 4.78 is 0. The van der Waals surface area contributed by atoms with Gasteiger partial charge in [0.1, 0.15) is 0 Å². The molecule has 4 nitrogen and oxygen atoms in total. The topological polar surface area (TPSA) is 44.4 Å². The van der Waals surface area contributed by atoms with Crippen LogP contribution in [0.4, 0.5) is 4.79 Å². The molecule has 0 radical (unpaired) electrons. The van der Waals surface area contributed by atoms with Crippen molar-refractivity contribution in [2.45, 2.75) is 58.2 Å². The molecule has 0 spiro atoms. The van der Waals surface area contributed by atoms with Gasteiger partial charge in [0.15, 0.2) is 0 Å². The first-order valence-electron chi connectivity index (χ1n) is 6.07. The minimum atomic E-state index is -0.171. The lowest BCUT2D eigenvalue weighted by atomic mass is 10.1. The predicted octanol–water partition coefficient (Wildman–Crippen LogP) is 1.57. The fourth-order valence-corrected chi connectivity index (χ4v) is 1.61. The molecule has 1 atom stereocenters. The molecule has 1 aliphatic rings. The molecule has 1 fully saturated rings. The highest BCUT2D eigenvalue weighted by Crippen LogP contribution is 2.26. The molecule has 1 saturated carbocycles. The Balaban J connectivity index is 2.20. The number of amides is 2. The number of urea groups is 1. The number of hydrogen-bond donors (Lipinski definition) is 2. The number of nitrogens with zero attached hydrogens (tertiary/aromatic N) is 1. The van der Waals surface area contributed by atoms with E-state index in [9.17, 15) is 4.79 Å². The van der Waals surface area contributed by atoms with Crippen LogP contribution in [-0.4, -0.2) is 42.1 Å². The lowest BCUT2D eigenvalue weighted by molar-refractivity contribution is 0.216. The zero-order chi connectivity index (χ0) is 12.3. The average Bonchev–Trinajstić information content (AvgIpc) is 2.93. The van der Waals surface area contributed by atoms with E-state index in [1.807, 2.05) is 20.8 Å². The molecule has 2 N–H and O–H groups in total. The molecule has 1 unspecified atom stereocenters. The van der Waals surface area contributed by atoms with E-state index >= 15 is 0 Å². The maximum Gasteiger partial charge on any atom is 0.315 e. The summed E-state index contributed by atoms with van der Waals surface area (Å²) in [5.41, 5.74) is -0.171. The molecule has 0 heterocycles. The molecule has 94 valence electrons. The minimum absolute atomic E-state index is 0.0800. The third kappa shape index (κ3) is 4.84. The standard InChI is InChI=1S/C12H25N3O/c1-9(15(5)10-6-7-10)8-13-11(16)14-12(2,3)4/h9-10H,6-8H2,1-5H3,(H2,13,14,16). The third-order valence-corrected chi connectivity index (χ3v) is 2.86. The summed E-state index contributed by atoms with van der Waals surface area (Å²) in [5.74, 6) is 0. The molecule has 0 aromatic heterocycles. The third-order valence-electron chi connectivity index (χ3n) is 2.86. The second kappa shape index (κ2) is 5.04. The van der Waals surface area contributed by atoms with Crippen LogP contribution in [0.1, 0.15) is 40.5 Å². The van der Waals surface area contributed by atoms with Gasteiger partial charge in [-0.25, -0.2) is 4.79 Å². The molecule has 0 aliphatic heterocycles. The molecule has 2 amide bonds. The first kappa shape index (κ1) is 13.3. The van der Waals surface area contributed by atoms with E-state index in [1.54, 1.807) is 0 Å². The monoisotopic (exact) mass is 227 g/mol. The Hall–Kier alpha value is -0.770. The number of nitrogens with one attached hydrogen (secondary N) is 2. The zero-order valence-corrected chi connectivity index (χ0v) is 11.1. The van der Waals surface area contributed by atoms with Crippen molar-refractivity contribution in [3.05, 3.63) is 0 Å². The van der Waals surface area contributed by atoms with Crippen molar-refractivity contribution in [3.63, 3.8) is 0 Å². The summed E-state index contributed by atoms with van der Waals surface area (Å²) in [7, 11) is 2.13. The van der Waals surface area contributed by atoms with Crippen LogP contribution in [0.25, 0.3) is 0 Å². The summed E-state index contributed by atoms with van der Waals surface area (Å²) in [6.45, 7) is 8.79. The van der Waals surface area contributed by atoms with E-state index in [4.69, 9.17) is 0 Å². The van der Waals surface area contributed by atoms with Gasteiger partial charge in [-0.1, -0.05) is 0 Å². The van der Waals surface area contributed by atoms with Crippen molar-refractivity contribution >= 4 is 6.03 Å². The Labute approximate surface area is 98.8 Å². The van der Waals surface area contributed by atoms with Crippen LogP contribution in [0.2, 0.25) is 0 Å². The van der Waals surface area contributed by atoms with E-state index in [1.165, 1.54) is 12.8 Å². The van der Waals surface area contributed by atoms with Crippen LogP contribution < -0.4 is 10.6 Å². The molecule has 1 aliphatic carbocycles. The second-order valence-electron chi connectivity index (χ2n) is 5.83. The number of carbonyl (C=O) groups excluding carboxylic acids is 1. The molecule has 1 rings (SSSR count). The van der Waals surface area contributed by atoms with Gasteiger partial charge in [0.25, 0.3) is 0 Å². The van der Waals surface area contributed by atoms with Crippen molar-refractivity contribution < 1.29 is 4.79 Å². The highest BCUT2D eigenvalue weighted by atomic mass is 16.2. The molecular formula is C12H25N3O. The Kier molecular flexibility index (Phi) is 4.19. The number of hydrogen-bond acceptors (Lipinski definition) is 2. The number of rotatable bonds is 4. The predicted molar refractivity (Wildman–Crippen MR) is 66.5 cm³/mol. The van der Waals surface area contributed by atoms with Crippen molar-refractivity contribution in [2.75, 3.05) is 13.6 Å². The van der Waals surface area contributed by atoms with E-state index in [-0.39, 0.29) is 11.6 Å². The fourth-order valence-electron chi connectivity index (χ4n) is 1.61. The van der Waals surface area contributed by atoms with Gasteiger partial charge >= 0.3 is 6.03 Å². The van der Waals surface area contributed by atoms with Gasteiger partial charge in [0, 0.05) is 24.2 Å². The summed E-state index contributed by atoms with van der Waals surface area (Å²) in [6, 6.07) is 1.06. The van der Waals surface area contributed by atoms with Crippen LogP contribution >= 0.6 is 0 Å². The number of carbonyl (C=O) groups is 1. The van der Waals surface area contributed by atoms with Crippen LogP contribution in [-0.2, 0) is 0 Å². The van der Waals surface area contributed by atoms with Gasteiger partial charge in [0.05, 0.1) is 0 Å². The van der Waals surface area contributed by atoms with Crippen LogP contribution in [0, 0.1) is 0 Å². The van der Waals surface area contributed by atoms with Crippen molar-refractivity contribution in [2.24, 2.45) is 0 Å². The maximum absolute atomic E-state index is 11.5. The second-order valence-corrected chi connectivity index (χ2v) is 5.83. The average molecular weight is 227 g/mol. The summed E-state index contributed by atoms with van der Waals surface area (Å²) in [4.78, 5) is 13.9. The molecule has 0 aromatic rings. The summed E-state index contributed by atoms with van der Waals surface area (Å²) in [6.07, 6.45) is 2.60. The van der Waals surface area contributed by atoms with E-state index in [0.29, 0.717) is 12.6 Å². The van der Waals surface area contributed by atoms with E-state index in [2.05, 4.69) is 29.5 Å². The van der Waals surface area contributed by atoms with Gasteiger partial charge in [-0.3, -0.25) is 4.90 Å². The van der Waals surface area contributed by atoms with E-state index < -0.39 is 0 Å². The van der Waals surface area contributed by atoms with Gasteiger partial charge in [-0.2, -0.15) is 0 Å². The normalized spacial score (nSPS) is 18.4.